The second-order valence-electron chi connectivity index (χ2n) is 6.22. The highest BCUT2D eigenvalue weighted by Crippen LogP contribution is 2.16. The van der Waals surface area contributed by atoms with Gasteiger partial charge >= 0.3 is 0 Å². The predicted molar refractivity (Wildman–Crippen MR) is 109 cm³/mol. The number of carbonyl (C=O) groups excluding carboxylic acids is 2. The van der Waals surface area contributed by atoms with Gasteiger partial charge in [0, 0.05) is 18.7 Å². The molecule has 2 rings (SSSR count). The summed E-state index contributed by atoms with van der Waals surface area (Å²) in [6.45, 7) is 5.88. The molecule has 0 heterocycles. The van der Waals surface area contributed by atoms with Gasteiger partial charge in [0.1, 0.15) is 5.75 Å². The van der Waals surface area contributed by atoms with E-state index >= 15 is 0 Å². The lowest BCUT2D eigenvalue weighted by molar-refractivity contribution is -0.123. The van der Waals surface area contributed by atoms with Gasteiger partial charge in [0.05, 0.1) is 4.90 Å². The number of carbonyl (C=O) groups is 2. The van der Waals surface area contributed by atoms with Gasteiger partial charge in [0.25, 0.3) is 11.8 Å². The van der Waals surface area contributed by atoms with Crippen molar-refractivity contribution in [2.24, 2.45) is 0 Å². The summed E-state index contributed by atoms with van der Waals surface area (Å²) >= 11 is 0. The predicted octanol–water partition coefficient (Wildman–Crippen LogP) is 1.87. The molecule has 0 atom stereocenters. The molecule has 0 spiro atoms. The van der Waals surface area contributed by atoms with Crippen LogP contribution in [-0.2, 0) is 14.8 Å². The summed E-state index contributed by atoms with van der Waals surface area (Å²) in [4.78, 5) is 24.1. The van der Waals surface area contributed by atoms with Crippen molar-refractivity contribution in [3.8, 4) is 5.75 Å². The van der Waals surface area contributed by atoms with E-state index in [1.165, 1.54) is 28.6 Å². The van der Waals surface area contributed by atoms with Gasteiger partial charge < -0.3 is 4.74 Å². The first kappa shape index (κ1) is 22.4. The molecule has 0 aliphatic carbocycles. The monoisotopic (exact) mass is 419 g/mol. The first-order valence-corrected chi connectivity index (χ1v) is 10.6. The average molecular weight is 420 g/mol. The number of hydrogen-bond acceptors (Lipinski definition) is 5. The molecular formula is C20H25N3O5S. The van der Waals surface area contributed by atoms with E-state index in [1.807, 2.05) is 19.1 Å². The van der Waals surface area contributed by atoms with Crippen LogP contribution in [-0.4, -0.2) is 44.2 Å². The van der Waals surface area contributed by atoms with E-state index in [0.717, 1.165) is 5.56 Å². The Kier molecular flexibility index (Phi) is 7.74. The van der Waals surface area contributed by atoms with Gasteiger partial charge in [-0.1, -0.05) is 26.0 Å². The minimum Gasteiger partial charge on any atom is -0.484 e. The standard InChI is InChI=1S/C20H25N3O5S/c1-4-23(5-2)29(26,27)18-11-9-16(10-12-18)20(25)22-21-19(24)14-28-17-8-6-7-15(3)13-17/h6-13H,4-5,14H2,1-3H3,(H,21,24)(H,22,25). The van der Waals surface area contributed by atoms with E-state index in [9.17, 15) is 18.0 Å². The summed E-state index contributed by atoms with van der Waals surface area (Å²) in [6, 6.07) is 12.8. The molecule has 0 aliphatic rings. The van der Waals surface area contributed by atoms with Gasteiger partial charge in [-0.05, 0) is 48.9 Å². The zero-order chi connectivity index (χ0) is 21.4. The molecular weight excluding hydrogens is 394 g/mol. The third-order valence-corrected chi connectivity index (χ3v) is 6.20. The van der Waals surface area contributed by atoms with E-state index in [-0.39, 0.29) is 17.1 Å². The van der Waals surface area contributed by atoms with E-state index in [0.29, 0.717) is 18.8 Å². The quantitative estimate of drug-likeness (QED) is 0.636. The molecule has 8 nitrogen and oxygen atoms in total. The van der Waals surface area contributed by atoms with E-state index in [2.05, 4.69) is 10.9 Å². The number of benzene rings is 2. The average Bonchev–Trinajstić information content (AvgIpc) is 2.71. The van der Waals surface area contributed by atoms with Crippen LogP contribution in [0, 0.1) is 6.92 Å². The summed E-state index contributed by atoms with van der Waals surface area (Å²) in [7, 11) is -3.59. The summed E-state index contributed by atoms with van der Waals surface area (Å²) in [5.41, 5.74) is 5.74. The summed E-state index contributed by atoms with van der Waals surface area (Å²) < 4.78 is 31.6. The Balaban J connectivity index is 1.90. The first-order chi connectivity index (χ1) is 13.8. The highest BCUT2D eigenvalue weighted by molar-refractivity contribution is 7.89. The molecule has 29 heavy (non-hydrogen) atoms. The maximum absolute atomic E-state index is 12.5. The van der Waals surface area contributed by atoms with E-state index in [1.54, 1.807) is 26.0 Å². The fourth-order valence-corrected chi connectivity index (χ4v) is 4.04. The maximum atomic E-state index is 12.5. The minimum absolute atomic E-state index is 0.105. The van der Waals surface area contributed by atoms with Gasteiger partial charge in [0.15, 0.2) is 6.61 Å². The Hall–Kier alpha value is -2.91. The van der Waals surface area contributed by atoms with Crippen molar-refractivity contribution in [2.75, 3.05) is 19.7 Å². The van der Waals surface area contributed by atoms with Crippen molar-refractivity contribution >= 4 is 21.8 Å². The molecule has 0 aliphatic heterocycles. The van der Waals surface area contributed by atoms with Crippen LogP contribution in [0.4, 0.5) is 0 Å². The molecule has 0 saturated carbocycles. The van der Waals surface area contributed by atoms with Crippen LogP contribution in [0.2, 0.25) is 0 Å². The maximum Gasteiger partial charge on any atom is 0.276 e. The third-order valence-electron chi connectivity index (χ3n) is 4.13. The lowest BCUT2D eigenvalue weighted by Crippen LogP contribution is -2.43. The van der Waals surface area contributed by atoms with Crippen LogP contribution < -0.4 is 15.6 Å². The van der Waals surface area contributed by atoms with Gasteiger partial charge in [-0.2, -0.15) is 4.31 Å². The van der Waals surface area contributed by atoms with Crippen LogP contribution in [0.15, 0.2) is 53.4 Å². The van der Waals surface area contributed by atoms with Gasteiger partial charge in [-0.25, -0.2) is 8.42 Å². The Bertz CT molecular complexity index is 954. The Morgan fingerprint density at radius 1 is 1.00 bits per heavy atom. The molecule has 0 fully saturated rings. The number of nitrogens with one attached hydrogen (secondary N) is 2. The Morgan fingerprint density at radius 3 is 2.24 bits per heavy atom. The van der Waals surface area contributed by atoms with Crippen LogP contribution >= 0.6 is 0 Å². The molecule has 0 aromatic heterocycles. The zero-order valence-electron chi connectivity index (χ0n) is 16.6. The van der Waals surface area contributed by atoms with E-state index in [4.69, 9.17) is 4.74 Å². The van der Waals surface area contributed by atoms with E-state index < -0.39 is 21.8 Å². The Morgan fingerprint density at radius 2 is 1.66 bits per heavy atom. The molecule has 0 unspecified atom stereocenters. The lowest BCUT2D eigenvalue weighted by Gasteiger charge is -2.18. The van der Waals surface area contributed by atoms with Crippen molar-refractivity contribution in [1.82, 2.24) is 15.2 Å². The number of amides is 2. The smallest absolute Gasteiger partial charge is 0.276 e. The summed E-state index contributed by atoms with van der Waals surface area (Å²) in [6.07, 6.45) is 0. The molecule has 2 aromatic carbocycles. The number of nitrogens with zero attached hydrogens (tertiary/aromatic N) is 1. The van der Waals surface area contributed by atoms with Crippen molar-refractivity contribution in [1.29, 1.82) is 0 Å². The number of sulfonamides is 1. The Labute approximate surface area is 170 Å². The second-order valence-corrected chi connectivity index (χ2v) is 8.16. The molecule has 0 bridgehead atoms. The second kappa shape index (κ2) is 10.0. The van der Waals surface area contributed by atoms with Crippen LogP contribution in [0.1, 0.15) is 29.8 Å². The molecule has 2 amide bonds. The molecule has 2 N–H and O–H groups in total. The fourth-order valence-electron chi connectivity index (χ4n) is 2.58. The number of hydrogen-bond donors (Lipinski definition) is 2. The van der Waals surface area contributed by atoms with Crippen molar-refractivity contribution in [3.63, 3.8) is 0 Å². The number of aryl methyl sites for hydroxylation is 1. The topological polar surface area (TPSA) is 105 Å². The number of ether oxygens (including phenoxy) is 1. The van der Waals surface area contributed by atoms with Gasteiger partial charge in [-0.15, -0.1) is 0 Å². The summed E-state index contributed by atoms with van der Waals surface area (Å²) in [5.74, 6) is -0.544. The van der Waals surface area contributed by atoms with Crippen LogP contribution in [0.3, 0.4) is 0 Å². The highest BCUT2D eigenvalue weighted by Gasteiger charge is 2.21. The number of rotatable bonds is 8. The minimum atomic E-state index is -3.59. The number of hydrazine groups is 1. The molecule has 156 valence electrons. The van der Waals surface area contributed by atoms with Crippen molar-refractivity contribution < 1.29 is 22.7 Å². The molecule has 2 aromatic rings. The van der Waals surface area contributed by atoms with Gasteiger partial charge in [0.2, 0.25) is 10.0 Å². The normalized spacial score (nSPS) is 11.2. The molecule has 0 saturated heterocycles. The molecule has 0 radical (unpaired) electrons. The highest BCUT2D eigenvalue weighted by atomic mass is 32.2. The molecule has 9 heteroatoms. The SMILES string of the molecule is CCN(CC)S(=O)(=O)c1ccc(C(=O)NNC(=O)COc2cccc(C)c2)cc1. The van der Waals surface area contributed by atoms with Crippen molar-refractivity contribution in [2.45, 2.75) is 25.7 Å². The first-order valence-electron chi connectivity index (χ1n) is 9.16. The fraction of sp³-hybridized carbons (Fsp3) is 0.300. The zero-order valence-corrected chi connectivity index (χ0v) is 17.5. The largest absolute Gasteiger partial charge is 0.484 e. The van der Waals surface area contributed by atoms with Crippen LogP contribution in [0.25, 0.3) is 0 Å². The van der Waals surface area contributed by atoms with Crippen LogP contribution in [0.5, 0.6) is 5.75 Å². The lowest BCUT2D eigenvalue weighted by atomic mass is 10.2. The summed E-state index contributed by atoms with van der Waals surface area (Å²) in [5, 5.41) is 0. The third kappa shape index (κ3) is 6.03. The van der Waals surface area contributed by atoms with Crippen molar-refractivity contribution in [3.05, 3.63) is 59.7 Å². The van der Waals surface area contributed by atoms with Gasteiger partial charge in [-0.3, -0.25) is 20.4 Å².